The Morgan fingerprint density at radius 3 is 2.03 bits per heavy atom. The fourth-order valence-corrected chi connectivity index (χ4v) is 2.95. The summed E-state index contributed by atoms with van der Waals surface area (Å²) < 4.78 is 10.0. The van der Waals surface area contributed by atoms with Crippen molar-refractivity contribution in [2.45, 2.75) is 27.7 Å². The van der Waals surface area contributed by atoms with Gasteiger partial charge in [0.1, 0.15) is 0 Å². The Labute approximate surface area is 199 Å². The number of anilines is 2. The van der Waals surface area contributed by atoms with Crippen molar-refractivity contribution in [3.05, 3.63) is 59.2 Å². The molecule has 0 saturated carbocycles. The van der Waals surface area contributed by atoms with Crippen LogP contribution in [0.3, 0.4) is 0 Å². The van der Waals surface area contributed by atoms with Crippen LogP contribution in [0.2, 0.25) is 0 Å². The summed E-state index contributed by atoms with van der Waals surface area (Å²) >= 11 is 0. The highest BCUT2D eigenvalue weighted by Gasteiger charge is 2.16. The molecule has 9 heteroatoms. The van der Waals surface area contributed by atoms with Crippen LogP contribution in [0.15, 0.2) is 42.5 Å². The minimum Gasteiger partial charge on any atom is -0.462 e. The molecule has 0 aliphatic carbocycles. The molecule has 0 aromatic heterocycles. The maximum atomic E-state index is 12.6. The number of para-hydroxylation sites is 1. The number of carbonyl (C=O) groups is 4. The van der Waals surface area contributed by atoms with Crippen LogP contribution in [0.4, 0.5) is 11.4 Å². The summed E-state index contributed by atoms with van der Waals surface area (Å²) in [5, 5.41) is 8.45. The molecule has 0 unspecified atom stereocenters. The largest absolute Gasteiger partial charge is 0.462 e. The number of benzene rings is 2. The van der Waals surface area contributed by atoms with Crippen LogP contribution in [-0.2, 0) is 14.3 Å². The van der Waals surface area contributed by atoms with E-state index < -0.39 is 17.8 Å². The molecule has 0 aliphatic heterocycles. The first-order valence-corrected chi connectivity index (χ1v) is 11.1. The zero-order chi connectivity index (χ0) is 25.1. The van der Waals surface area contributed by atoms with Crippen molar-refractivity contribution in [3.63, 3.8) is 0 Å². The van der Waals surface area contributed by atoms with Gasteiger partial charge in [0.2, 0.25) is 5.91 Å². The molecular weight excluding hydrogens is 438 g/mol. The standard InChI is InChI=1S/C25H31N3O6/c1-5-33-24(31)17-11-18(25(32)34-6-2)13-19(12-17)26-15-22(29)28-21-10-8-7-9-20(21)23(30)27-14-16(3)4/h7-13,16,26H,5-6,14-15H2,1-4H3,(H,27,30)(H,28,29). The second-order valence-electron chi connectivity index (χ2n) is 7.79. The van der Waals surface area contributed by atoms with Gasteiger partial charge in [-0.3, -0.25) is 9.59 Å². The van der Waals surface area contributed by atoms with Gasteiger partial charge in [0.05, 0.1) is 42.1 Å². The van der Waals surface area contributed by atoms with Crippen molar-refractivity contribution >= 4 is 35.1 Å². The Morgan fingerprint density at radius 2 is 1.47 bits per heavy atom. The zero-order valence-electron chi connectivity index (χ0n) is 19.9. The lowest BCUT2D eigenvalue weighted by atomic mass is 10.1. The smallest absolute Gasteiger partial charge is 0.338 e. The van der Waals surface area contributed by atoms with Gasteiger partial charge in [-0.2, -0.15) is 0 Å². The van der Waals surface area contributed by atoms with Gasteiger partial charge in [-0.1, -0.05) is 26.0 Å². The quantitative estimate of drug-likeness (QED) is 0.431. The van der Waals surface area contributed by atoms with Crippen LogP contribution >= 0.6 is 0 Å². The lowest BCUT2D eigenvalue weighted by molar-refractivity contribution is -0.114. The van der Waals surface area contributed by atoms with Gasteiger partial charge in [0, 0.05) is 12.2 Å². The van der Waals surface area contributed by atoms with Crippen LogP contribution < -0.4 is 16.0 Å². The Balaban J connectivity index is 2.13. The summed E-state index contributed by atoms with van der Waals surface area (Å²) in [5.74, 6) is -1.59. The molecule has 2 aromatic carbocycles. The van der Waals surface area contributed by atoms with E-state index in [0.29, 0.717) is 29.4 Å². The van der Waals surface area contributed by atoms with Gasteiger partial charge >= 0.3 is 11.9 Å². The molecule has 0 spiro atoms. The summed E-state index contributed by atoms with van der Waals surface area (Å²) in [5.41, 5.74) is 1.41. The molecule has 3 N–H and O–H groups in total. The monoisotopic (exact) mass is 469 g/mol. The molecule has 0 atom stereocenters. The van der Waals surface area contributed by atoms with Crippen molar-refractivity contribution in [1.29, 1.82) is 0 Å². The van der Waals surface area contributed by atoms with Crippen molar-refractivity contribution in [2.24, 2.45) is 5.92 Å². The number of hydrogen-bond donors (Lipinski definition) is 3. The lowest BCUT2D eigenvalue weighted by Gasteiger charge is -2.14. The van der Waals surface area contributed by atoms with E-state index in [9.17, 15) is 19.2 Å². The molecule has 2 aromatic rings. The normalized spacial score (nSPS) is 10.4. The first-order chi connectivity index (χ1) is 16.2. The van der Waals surface area contributed by atoms with E-state index in [1.807, 2.05) is 13.8 Å². The molecule has 9 nitrogen and oxygen atoms in total. The van der Waals surface area contributed by atoms with E-state index in [1.54, 1.807) is 38.1 Å². The van der Waals surface area contributed by atoms with Crippen molar-refractivity contribution in [2.75, 3.05) is 36.9 Å². The highest BCUT2D eigenvalue weighted by molar-refractivity contribution is 6.04. The van der Waals surface area contributed by atoms with Crippen LogP contribution in [0.1, 0.15) is 58.8 Å². The van der Waals surface area contributed by atoms with Gasteiger partial charge < -0.3 is 25.4 Å². The van der Waals surface area contributed by atoms with Crippen molar-refractivity contribution in [1.82, 2.24) is 5.32 Å². The zero-order valence-corrected chi connectivity index (χ0v) is 19.9. The predicted octanol–water partition coefficient (Wildman–Crippen LogP) is 3.48. The van der Waals surface area contributed by atoms with Gasteiger partial charge in [0.15, 0.2) is 0 Å². The number of hydrogen-bond acceptors (Lipinski definition) is 7. The second kappa shape index (κ2) is 13.0. The first kappa shape index (κ1) is 26.4. The molecule has 0 heterocycles. The molecule has 34 heavy (non-hydrogen) atoms. The topological polar surface area (TPSA) is 123 Å². The summed E-state index contributed by atoms with van der Waals surface area (Å²) in [6, 6.07) is 11.1. The van der Waals surface area contributed by atoms with Crippen LogP contribution in [-0.4, -0.2) is 50.1 Å². The fourth-order valence-electron chi connectivity index (χ4n) is 2.95. The Hall–Kier alpha value is -3.88. The van der Waals surface area contributed by atoms with Gasteiger partial charge in [-0.25, -0.2) is 9.59 Å². The molecule has 2 rings (SSSR count). The number of esters is 2. The molecule has 0 saturated heterocycles. The molecule has 0 radical (unpaired) electrons. The predicted molar refractivity (Wildman–Crippen MR) is 129 cm³/mol. The average Bonchev–Trinajstić information content (AvgIpc) is 2.81. The molecular formula is C25H31N3O6. The highest BCUT2D eigenvalue weighted by atomic mass is 16.5. The van der Waals surface area contributed by atoms with Crippen LogP contribution in [0.5, 0.6) is 0 Å². The maximum absolute atomic E-state index is 12.6. The highest BCUT2D eigenvalue weighted by Crippen LogP contribution is 2.18. The molecule has 0 fully saturated rings. The van der Waals surface area contributed by atoms with Crippen molar-refractivity contribution < 1.29 is 28.7 Å². The lowest BCUT2D eigenvalue weighted by Crippen LogP contribution is -2.29. The third kappa shape index (κ3) is 7.91. The van der Waals surface area contributed by atoms with Gasteiger partial charge in [-0.05, 0) is 50.1 Å². The summed E-state index contributed by atoms with van der Waals surface area (Å²) in [7, 11) is 0. The average molecular weight is 470 g/mol. The second-order valence-corrected chi connectivity index (χ2v) is 7.79. The summed E-state index contributed by atoms with van der Waals surface area (Å²) in [6.45, 7) is 8.04. The molecule has 0 aliphatic rings. The van der Waals surface area contributed by atoms with Gasteiger partial charge in [-0.15, -0.1) is 0 Å². The third-order valence-corrected chi connectivity index (χ3v) is 4.52. The number of ether oxygens (including phenoxy) is 2. The van der Waals surface area contributed by atoms with E-state index >= 15 is 0 Å². The van der Waals surface area contributed by atoms with E-state index in [4.69, 9.17) is 9.47 Å². The molecule has 2 amide bonds. The van der Waals surface area contributed by atoms with E-state index in [0.717, 1.165) is 0 Å². The SMILES string of the molecule is CCOC(=O)c1cc(NCC(=O)Nc2ccccc2C(=O)NCC(C)C)cc(C(=O)OCC)c1. The minimum absolute atomic E-state index is 0.155. The Bertz CT molecular complexity index is 999. The first-order valence-electron chi connectivity index (χ1n) is 11.1. The molecule has 0 bridgehead atoms. The van der Waals surface area contributed by atoms with Crippen LogP contribution in [0.25, 0.3) is 0 Å². The molecule has 182 valence electrons. The fraction of sp³-hybridized carbons (Fsp3) is 0.360. The van der Waals surface area contributed by atoms with Crippen molar-refractivity contribution in [3.8, 4) is 0 Å². The third-order valence-electron chi connectivity index (χ3n) is 4.52. The Kier molecular flexibility index (Phi) is 10.1. The minimum atomic E-state index is -0.595. The van der Waals surface area contributed by atoms with E-state index in [2.05, 4.69) is 16.0 Å². The number of amides is 2. The number of rotatable bonds is 11. The Morgan fingerprint density at radius 1 is 0.882 bits per heavy atom. The number of carbonyl (C=O) groups excluding carboxylic acids is 4. The van der Waals surface area contributed by atoms with Gasteiger partial charge in [0.25, 0.3) is 5.91 Å². The van der Waals surface area contributed by atoms with E-state index in [-0.39, 0.29) is 36.8 Å². The summed E-state index contributed by atoms with van der Waals surface area (Å²) in [6.07, 6.45) is 0. The number of nitrogens with one attached hydrogen (secondary N) is 3. The van der Waals surface area contributed by atoms with E-state index in [1.165, 1.54) is 18.2 Å². The summed E-state index contributed by atoms with van der Waals surface area (Å²) in [4.78, 5) is 49.4. The maximum Gasteiger partial charge on any atom is 0.338 e. The van der Waals surface area contributed by atoms with Crippen LogP contribution in [0, 0.1) is 5.92 Å².